The van der Waals surface area contributed by atoms with Crippen molar-refractivity contribution in [2.75, 3.05) is 19.6 Å². The first kappa shape index (κ1) is 14.4. The molecule has 1 atom stereocenters. The third-order valence-electron chi connectivity index (χ3n) is 4.95. The smallest absolute Gasteiger partial charge is 0.270 e. The Labute approximate surface area is 133 Å². The maximum atomic E-state index is 12.5. The second-order valence-corrected chi connectivity index (χ2v) is 6.49. The van der Waals surface area contributed by atoms with E-state index in [1.165, 1.54) is 6.92 Å². The number of hydrogen-bond acceptors (Lipinski definition) is 5. The molecular weight excluding hydrogens is 294 g/mol. The predicted molar refractivity (Wildman–Crippen MR) is 84.4 cm³/mol. The quantitative estimate of drug-likeness (QED) is 0.875. The molecule has 1 amide bonds. The van der Waals surface area contributed by atoms with E-state index in [4.69, 9.17) is 4.42 Å². The molecule has 6 nitrogen and oxygen atoms in total. The van der Waals surface area contributed by atoms with Crippen molar-refractivity contribution in [1.82, 2.24) is 15.2 Å². The van der Waals surface area contributed by atoms with Gasteiger partial charge in [0, 0.05) is 37.2 Å². The van der Waals surface area contributed by atoms with Crippen LogP contribution in [0, 0.1) is 5.92 Å². The Bertz CT molecular complexity index is 774. The van der Waals surface area contributed by atoms with E-state index in [0.717, 1.165) is 37.9 Å². The number of amides is 1. The summed E-state index contributed by atoms with van der Waals surface area (Å²) >= 11 is 0. The van der Waals surface area contributed by atoms with E-state index in [1.807, 2.05) is 0 Å². The zero-order valence-electron chi connectivity index (χ0n) is 13.0. The molecule has 2 aromatic heterocycles. The standard InChI is InChI=1S/C17H19N3O3/c1-10(21)15-6-12-8-18-13(7-16(12)23-15)17(22)19-14-9-20-4-2-11(14)3-5-20/h6-8,11,14H,2-5,9H2,1H3,(H,19,22). The van der Waals surface area contributed by atoms with Gasteiger partial charge in [0.15, 0.2) is 11.5 Å². The van der Waals surface area contributed by atoms with E-state index in [2.05, 4.69) is 15.2 Å². The zero-order valence-corrected chi connectivity index (χ0v) is 13.0. The summed E-state index contributed by atoms with van der Waals surface area (Å²) in [7, 11) is 0. The Morgan fingerprint density at radius 2 is 2.09 bits per heavy atom. The van der Waals surface area contributed by atoms with Gasteiger partial charge < -0.3 is 14.6 Å². The van der Waals surface area contributed by atoms with Crippen LogP contribution in [0.1, 0.15) is 40.8 Å². The summed E-state index contributed by atoms with van der Waals surface area (Å²) in [6, 6.07) is 3.46. The van der Waals surface area contributed by atoms with Crippen LogP contribution in [0.4, 0.5) is 0 Å². The van der Waals surface area contributed by atoms with Gasteiger partial charge in [-0.3, -0.25) is 14.6 Å². The Kier molecular flexibility index (Phi) is 3.41. The van der Waals surface area contributed by atoms with E-state index in [-0.39, 0.29) is 23.5 Å². The highest BCUT2D eigenvalue weighted by Gasteiger charge is 2.35. The molecule has 1 N–H and O–H groups in total. The number of nitrogens with one attached hydrogen (secondary N) is 1. The Morgan fingerprint density at radius 3 is 2.74 bits per heavy atom. The number of pyridine rings is 1. The Hall–Kier alpha value is -2.21. The molecule has 0 spiro atoms. The van der Waals surface area contributed by atoms with E-state index < -0.39 is 0 Å². The first-order chi connectivity index (χ1) is 11.1. The van der Waals surface area contributed by atoms with Crippen molar-refractivity contribution in [2.45, 2.75) is 25.8 Å². The molecule has 23 heavy (non-hydrogen) atoms. The average Bonchev–Trinajstić information content (AvgIpc) is 2.99. The lowest BCUT2D eigenvalue weighted by atomic mass is 9.84. The lowest BCUT2D eigenvalue weighted by Gasteiger charge is -2.44. The molecule has 0 saturated carbocycles. The summed E-state index contributed by atoms with van der Waals surface area (Å²) < 4.78 is 5.48. The molecule has 6 heteroatoms. The molecule has 120 valence electrons. The number of Topliss-reactive ketones (excluding diaryl/α,β-unsaturated/α-hetero) is 1. The van der Waals surface area contributed by atoms with Gasteiger partial charge in [-0.1, -0.05) is 0 Å². The summed E-state index contributed by atoms with van der Waals surface area (Å²) in [6.45, 7) is 4.66. The largest absolute Gasteiger partial charge is 0.453 e. The molecular formula is C17H19N3O3. The van der Waals surface area contributed by atoms with Gasteiger partial charge in [-0.2, -0.15) is 0 Å². The summed E-state index contributed by atoms with van der Waals surface area (Å²) in [4.78, 5) is 30.5. The molecule has 5 heterocycles. The zero-order chi connectivity index (χ0) is 16.0. The van der Waals surface area contributed by atoms with E-state index in [1.54, 1.807) is 18.3 Å². The van der Waals surface area contributed by atoms with Gasteiger partial charge in [-0.05, 0) is 37.9 Å². The van der Waals surface area contributed by atoms with Gasteiger partial charge in [-0.25, -0.2) is 0 Å². The molecule has 0 radical (unpaired) electrons. The van der Waals surface area contributed by atoms with Crippen molar-refractivity contribution in [1.29, 1.82) is 0 Å². The number of piperidine rings is 3. The van der Waals surface area contributed by atoms with Crippen LogP contribution in [0.3, 0.4) is 0 Å². The lowest BCUT2D eigenvalue weighted by Crippen LogP contribution is -2.57. The van der Waals surface area contributed by atoms with Crippen LogP contribution in [0.2, 0.25) is 0 Å². The van der Waals surface area contributed by atoms with Gasteiger partial charge in [-0.15, -0.1) is 0 Å². The van der Waals surface area contributed by atoms with E-state index in [9.17, 15) is 9.59 Å². The van der Waals surface area contributed by atoms with Gasteiger partial charge in [0.25, 0.3) is 5.91 Å². The number of nitrogens with zero attached hydrogens (tertiary/aromatic N) is 2. The maximum absolute atomic E-state index is 12.5. The second kappa shape index (κ2) is 5.45. The molecule has 3 aliphatic heterocycles. The van der Waals surface area contributed by atoms with E-state index in [0.29, 0.717) is 17.2 Å². The fourth-order valence-corrected chi connectivity index (χ4v) is 3.60. The minimum absolute atomic E-state index is 0.139. The fraction of sp³-hybridized carbons (Fsp3) is 0.471. The van der Waals surface area contributed by atoms with Crippen LogP contribution < -0.4 is 5.32 Å². The van der Waals surface area contributed by atoms with Crippen molar-refractivity contribution in [2.24, 2.45) is 5.92 Å². The third kappa shape index (κ3) is 2.63. The summed E-state index contributed by atoms with van der Waals surface area (Å²) in [6.07, 6.45) is 3.88. The Balaban J connectivity index is 1.54. The maximum Gasteiger partial charge on any atom is 0.270 e. The summed E-state index contributed by atoms with van der Waals surface area (Å²) in [5.74, 6) is 0.545. The van der Waals surface area contributed by atoms with Crippen molar-refractivity contribution in [3.8, 4) is 0 Å². The van der Waals surface area contributed by atoms with Crippen LogP contribution in [-0.4, -0.2) is 47.3 Å². The number of carbonyl (C=O) groups excluding carboxylic acids is 2. The highest BCUT2D eigenvalue weighted by atomic mass is 16.3. The number of aromatic nitrogens is 1. The summed E-state index contributed by atoms with van der Waals surface area (Å²) in [5.41, 5.74) is 0.850. The summed E-state index contributed by atoms with van der Waals surface area (Å²) in [5, 5.41) is 3.84. The molecule has 1 unspecified atom stereocenters. The lowest BCUT2D eigenvalue weighted by molar-refractivity contribution is 0.0618. The third-order valence-corrected chi connectivity index (χ3v) is 4.95. The van der Waals surface area contributed by atoms with Gasteiger partial charge in [0.2, 0.25) is 0 Å². The molecule has 5 rings (SSSR count). The van der Waals surface area contributed by atoms with Crippen molar-refractivity contribution in [3.63, 3.8) is 0 Å². The van der Waals surface area contributed by atoms with Gasteiger partial charge in [0.05, 0.1) is 0 Å². The topological polar surface area (TPSA) is 75.4 Å². The second-order valence-electron chi connectivity index (χ2n) is 6.49. The van der Waals surface area contributed by atoms with Crippen LogP contribution >= 0.6 is 0 Å². The van der Waals surface area contributed by atoms with Crippen LogP contribution in [0.5, 0.6) is 0 Å². The monoisotopic (exact) mass is 313 g/mol. The number of ketones is 1. The van der Waals surface area contributed by atoms with E-state index >= 15 is 0 Å². The predicted octanol–water partition coefficient (Wildman–Crippen LogP) is 1.85. The highest BCUT2D eigenvalue weighted by molar-refractivity contribution is 5.98. The number of fused-ring (bicyclic) bond motifs is 4. The van der Waals surface area contributed by atoms with Gasteiger partial charge >= 0.3 is 0 Å². The number of hydrogen-bond donors (Lipinski definition) is 1. The number of carbonyl (C=O) groups is 2. The first-order valence-electron chi connectivity index (χ1n) is 8.04. The number of furan rings is 1. The molecule has 2 bridgehead atoms. The Morgan fingerprint density at radius 1 is 1.30 bits per heavy atom. The molecule has 3 aliphatic rings. The van der Waals surface area contributed by atoms with Crippen molar-refractivity contribution in [3.05, 3.63) is 29.8 Å². The molecule has 3 fully saturated rings. The first-order valence-corrected chi connectivity index (χ1v) is 8.04. The molecule has 0 aliphatic carbocycles. The van der Waals surface area contributed by atoms with Crippen molar-refractivity contribution < 1.29 is 14.0 Å². The minimum Gasteiger partial charge on any atom is -0.453 e. The highest BCUT2D eigenvalue weighted by Crippen LogP contribution is 2.27. The molecule has 2 aromatic rings. The van der Waals surface area contributed by atoms with Crippen LogP contribution in [-0.2, 0) is 0 Å². The average molecular weight is 313 g/mol. The molecule has 3 saturated heterocycles. The van der Waals surface area contributed by atoms with Crippen molar-refractivity contribution >= 4 is 22.7 Å². The molecule has 0 aromatic carbocycles. The van der Waals surface area contributed by atoms with Gasteiger partial charge in [0.1, 0.15) is 11.3 Å². The van der Waals surface area contributed by atoms with Crippen LogP contribution in [0.25, 0.3) is 11.0 Å². The van der Waals surface area contributed by atoms with Crippen LogP contribution in [0.15, 0.2) is 22.7 Å². The fourth-order valence-electron chi connectivity index (χ4n) is 3.60. The number of rotatable bonds is 3. The SMILES string of the molecule is CC(=O)c1cc2cnc(C(=O)NC3CN4CCC3CC4)cc2o1. The minimum atomic E-state index is -0.175. The normalized spacial score (nSPS) is 26.4.